The van der Waals surface area contributed by atoms with E-state index in [0.29, 0.717) is 5.56 Å². The number of ether oxygens (including phenoxy) is 1. The zero-order chi connectivity index (χ0) is 12.1. The molecule has 0 radical (unpaired) electrons. The molecule has 0 amide bonds. The second kappa shape index (κ2) is 3.10. The number of nitrogens with zero attached hydrogens (tertiary/aromatic N) is 3. The Morgan fingerprint density at radius 2 is 2.35 bits per heavy atom. The maximum Gasteiger partial charge on any atom is 0.311 e. The second-order valence-electron chi connectivity index (χ2n) is 5.34. The average molecular weight is 231 g/mol. The van der Waals surface area contributed by atoms with E-state index >= 15 is 0 Å². The van der Waals surface area contributed by atoms with Crippen LogP contribution in [0.5, 0.6) is 0 Å². The molecule has 17 heavy (non-hydrogen) atoms. The zero-order valence-corrected chi connectivity index (χ0v) is 9.64. The molecule has 3 aliphatic carbocycles. The third-order valence-electron chi connectivity index (χ3n) is 4.02. The molecule has 1 aromatic heterocycles. The van der Waals surface area contributed by atoms with Crippen molar-refractivity contribution in [2.45, 2.75) is 25.8 Å². The number of hydrogen-bond donors (Lipinski definition) is 0. The summed E-state index contributed by atoms with van der Waals surface area (Å²) in [6.07, 6.45) is 6.02. The minimum Gasteiger partial charge on any atom is -0.469 e. The van der Waals surface area contributed by atoms with Gasteiger partial charge in [-0.2, -0.15) is 10.4 Å². The van der Waals surface area contributed by atoms with Gasteiger partial charge >= 0.3 is 5.97 Å². The van der Waals surface area contributed by atoms with Crippen LogP contribution in [0.3, 0.4) is 0 Å². The van der Waals surface area contributed by atoms with Gasteiger partial charge in [-0.25, -0.2) is 0 Å². The van der Waals surface area contributed by atoms with Crippen molar-refractivity contribution in [1.82, 2.24) is 9.78 Å². The number of rotatable bonds is 3. The Kier molecular flexibility index (Phi) is 1.88. The van der Waals surface area contributed by atoms with E-state index in [0.717, 1.165) is 25.8 Å². The first-order valence-corrected chi connectivity index (χ1v) is 5.62. The molecule has 0 aliphatic heterocycles. The lowest BCUT2D eigenvalue weighted by Crippen LogP contribution is -2.67. The summed E-state index contributed by atoms with van der Waals surface area (Å²) in [6, 6.07) is 2.06. The molecule has 0 atom stereocenters. The van der Waals surface area contributed by atoms with Gasteiger partial charge in [0.05, 0.1) is 24.3 Å². The molecule has 3 saturated carbocycles. The zero-order valence-electron chi connectivity index (χ0n) is 9.64. The van der Waals surface area contributed by atoms with E-state index in [1.165, 1.54) is 7.11 Å². The fourth-order valence-corrected chi connectivity index (χ4v) is 3.45. The van der Waals surface area contributed by atoms with Crippen molar-refractivity contribution in [3.05, 3.63) is 18.0 Å². The molecule has 2 bridgehead atoms. The quantitative estimate of drug-likeness (QED) is 0.730. The monoisotopic (exact) mass is 231 g/mol. The van der Waals surface area contributed by atoms with E-state index in [1.54, 1.807) is 17.1 Å². The van der Waals surface area contributed by atoms with Crippen LogP contribution in [0.2, 0.25) is 0 Å². The van der Waals surface area contributed by atoms with Gasteiger partial charge in [0.1, 0.15) is 6.07 Å². The predicted molar refractivity (Wildman–Crippen MR) is 57.7 cm³/mol. The van der Waals surface area contributed by atoms with Gasteiger partial charge < -0.3 is 4.74 Å². The molecule has 5 nitrogen and oxygen atoms in total. The summed E-state index contributed by atoms with van der Waals surface area (Å²) in [6.45, 7) is 0.799. The molecule has 5 heteroatoms. The fourth-order valence-electron chi connectivity index (χ4n) is 3.45. The third-order valence-corrected chi connectivity index (χ3v) is 4.02. The first-order chi connectivity index (χ1) is 8.11. The highest BCUT2D eigenvalue weighted by Gasteiger charge is 2.72. The molecule has 3 aliphatic rings. The standard InChI is InChI=1S/C12H13N3O2/c1-17-10(16)12-5-11(6-12,7-12)8-15-4-9(2-13)3-14-15/h3-4H,5-8H2,1H3. The molecular formula is C12H13N3O2. The summed E-state index contributed by atoms with van der Waals surface area (Å²) in [5.74, 6) is -0.0717. The Bertz CT molecular complexity index is 506. The fraction of sp³-hybridized carbons (Fsp3) is 0.583. The van der Waals surface area contributed by atoms with Crippen LogP contribution in [0.15, 0.2) is 12.4 Å². The molecule has 0 aromatic carbocycles. The van der Waals surface area contributed by atoms with Crippen LogP contribution in [-0.4, -0.2) is 22.9 Å². The number of esters is 1. The predicted octanol–water partition coefficient (Wildman–Crippen LogP) is 1.10. The Morgan fingerprint density at radius 3 is 2.88 bits per heavy atom. The summed E-state index contributed by atoms with van der Waals surface area (Å²) in [5, 5.41) is 12.9. The van der Waals surface area contributed by atoms with Crippen LogP contribution in [0.25, 0.3) is 0 Å². The Balaban J connectivity index is 1.64. The Labute approximate surface area is 99.0 Å². The molecule has 1 aromatic rings. The summed E-state index contributed by atoms with van der Waals surface area (Å²) in [7, 11) is 1.45. The number of carbonyl (C=O) groups excluding carboxylic acids is 1. The molecule has 0 N–H and O–H groups in total. The minimum absolute atomic E-state index is 0.0717. The molecular weight excluding hydrogens is 218 g/mol. The van der Waals surface area contributed by atoms with Crippen LogP contribution in [0.4, 0.5) is 0 Å². The normalized spacial score (nSPS) is 33.2. The Hall–Kier alpha value is -1.83. The van der Waals surface area contributed by atoms with Gasteiger partial charge in [-0.1, -0.05) is 0 Å². The van der Waals surface area contributed by atoms with Crippen molar-refractivity contribution in [1.29, 1.82) is 5.26 Å². The first kappa shape index (κ1) is 10.3. The van der Waals surface area contributed by atoms with Crippen LogP contribution in [0.1, 0.15) is 24.8 Å². The maximum absolute atomic E-state index is 11.5. The van der Waals surface area contributed by atoms with Crippen LogP contribution < -0.4 is 0 Å². The molecule has 4 rings (SSSR count). The summed E-state index contributed by atoms with van der Waals surface area (Å²) in [5.41, 5.74) is 0.603. The number of carbonyl (C=O) groups is 1. The van der Waals surface area contributed by atoms with Crippen molar-refractivity contribution in [2.24, 2.45) is 10.8 Å². The maximum atomic E-state index is 11.5. The first-order valence-electron chi connectivity index (χ1n) is 5.62. The van der Waals surface area contributed by atoms with Gasteiger partial charge in [0.2, 0.25) is 0 Å². The summed E-state index contributed by atoms with van der Waals surface area (Å²) < 4.78 is 6.61. The van der Waals surface area contributed by atoms with Gasteiger partial charge in [-0.15, -0.1) is 0 Å². The SMILES string of the molecule is COC(=O)C12CC(Cn3cc(C#N)cn3)(C1)C2. The van der Waals surface area contributed by atoms with E-state index in [2.05, 4.69) is 11.2 Å². The number of nitriles is 1. The number of aromatic nitrogens is 2. The van der Waals surface area contributed by atoms with E-state index < -0.39 is 0 Å². The largest absolute Gasteiger partial charge is 0.469 e. The second-order valence-corrected chi connectivity index (χ2v) is 5.34. The van der Waals surface area contributed by atoms with Crippen molar-refractivity contribution < 1.29 is 9.53 Å². The van der Waals surface area contributed by atoms with E-state index in [1.807, 2.05) is 0 Å². The molecule has 0 saturated heterocycles. The van der Waals surface area contributed by atoms with Gasteiger partial charge in [0.15, 0.2) is 0 Å². The molecule has 0 unspecified atom stereocenters. The van der Waals surface area contributed by atoms with Gasteiger partial charge in [-0.3, -0.25) is 9.48 Å². The highest BCUT2D eigenvalue weighted by atomic mass is 16.5. The van der Waals surface area contributed by atoms with Gasteiger partial charge in [0, 0.05) is 12.7 Å². The summed E-state index contributed by atoms with van der Waals surface area (Å²) >= 11 is 0. The smallest absolute Gasteiger partial charge is 0.311 e. The lowest BCUT2D eigenvalue weighted by Gasteiger charge is -2.68. The van der Waals surface area contributed by atoms with Crippen molar-refractivity contribution in [3.8, 4) is 6.07 Å². The third kappa shape index (κ3) is 1.30. The number of hydrogen-bond acceptors (Lipinski definition) is 4. The molecule has 3 fully saturated rings. The average Bonchev–Trinajstić information content (AvgIpc) is 2.68. The van der Waals surface area contributed by atoms with Crippen LogP contribution in [-0.2, 0) is 16.1 Å². The van der Waals surface area contributed by atoms with E-state index in [-0.39, 0.29) is 16.8 Å². The topological polar surface area (TPSA) is 67.9 Å². The lowest BCUT2D eigenvalue weighted by atomic mass is 9.35. The molecule has 0 spiro atoms. The van der Waals surface area contributed by atoms with E-state index in [4.69, 9.17) is 10.00 Å². The Morgan fingerprint density at radius 1 is 1.65 bits per heavy atom. The summed E-state index contributed by atoms with van der Waals surface area (Å²) in [4.78, 5) is 11.5. The molecule has 1 heterocycles. The highest BCUT2D eigenvalue weighted by Crippen LogP contribution is 2.74. The van der Waals surface area contributed by atoms with Gasteiger partial charge in [0.25, 0.3) is 0 Å². The van der Waals surface area contributed by atoms with E-state index in [9.17, 15) is 4.79 Å². The van der Waals surface area contributed by atoms with Crippen LogP contribution in [0, 0.1) is 22.2 Å². The highest BCUT2D eigenvalue weighted by molar-refractivity contribution is 5.81. The number of methoxy groups -OCH3 is 1. The molecule has 88 valence electrons. The minimum atomic E-state index is -0.194. The van der Waals surface area contributed by atoms with Crippen LogP contribution >= 0.6 is 0 Å². The van der Waals surface area contributed by atoms with Gasteiger partial charge in [-0.05, 0) is 24.7 Å². The van der Waals surface area contributed by atoms with Crippen molar-refractivity contribution in [2.75, 3.05) is 7.11 Å². The van der Waals surface area contributed by atoms with Crippen molar-refractivity contribution >= 4 is 5.97 Å². The lowest BCUT2D eigenvalue weighted by molar-refractivity contribution is -0.230. The van der Waals surface area contributed by atoms with Crippen molar-refractivity contribution in [3.63, 3.8) is 0 Å².